The van der Waals surface area contributed by atoms with Gasteiger partial charge in [0.25, 0.3) is 0 Å². The molecule has 0 aliphatic heterocycles. The van der Waals surface area contributed by atoms with Gasteiger partial charge in [-0.3, -0.25) is 0 Å². The van der Waals surface area contributed by atoms with Gasteiger partial charge >= 0.3 is 0 Å². The van der Waals surface area contributed by atoms with Crippen LogP contribution in [0.15, 0.2) is 12.3 Å². The molecule has 0 atom stereocenters. The van der Waals surface area contributed by atoms with Crippen LogP contribution in [0.4, 0.5) is 11.4 Å². The molecule has 1 heterocycles. The summed E-state index contributed by atoms with van der Waals surface area (Å²) in [6.45, 7) is 0. The van der Waals surface area contributed by atoms with Gasteiger partial charge in [-0.1, -0.05) is 11.6 Å². The van der Waals surface area contributed by atoms with E-state index in [9.17, 15) is 0 Å². The summed E-state index contributed by atoms with van der Waals surface area (Å²) in [5.41, 5.74) is 7.30. The van der Waals surface area contributed by atoms with E-state index < -0.39 is 0 Å². The second-order valence-electron chi connectivity index (χ2n) is 3.37. The van der Waals surface area contributed by atoms with Crippen molar-refractivity contribution in [1.29, 1.82) is 0 Å². The molecule has 1 aliphatic rings. The molecule has 0 unspecified atom stereocenters. The van der Waals surface area contributed by atoms with Gasteiger partial charge in [-0.25, -0.2) is 4.98 Å². The van der Waals surface area contributed by atoms with Gasteiger partial charge in [0.15, 0.2) is 0 Å². The van der Waals surface area contributed by atoms with E-state index in [2.05, 4.69) is 10.3 Å². The number of anilines is 2. The van der Waals surface area contributed by atoms with Crippen molar-refractivity contribution in [3.05, 3.63) is 17.4 Å². The molecule has 1 fully saturated rings. The highest BCUT2D eigenvalue weighted by Crippen LogP contribution is 2.27. The molecule has 4 heteroatoms. The third-order valence-corrected chi connectivity index (χ3v) is 2.57. The highest BCUT2D eigenvalue weighted by Gasteiger charge is 2.17. The average Bonchev–Trinajstić information content (AvgIpc) is 2.03. The van der Waals surface area contributed by atoms with E-state index in [0.29, 0.717) is 16.9 Å². The van der Waals surface area contributed by atoms with Crippen LogP contribution in [0, 0.1) is 0 Å². The summed E-state index contributed by atoms with van der Waals surface area (Å²) in [6.07, 6.45) is 5.33. The first-order chi connectivity index (χ1) is 6.25. The SMILES string of the molecule is Nc1cnc(Cl)cc1NC1CCC1. The lowest BCUT2D eigenvalue weighted by molar-refractivity contribution is 0.446. The van der Waals surface area contributed by atoms with Crippen LogP contribution in [0.3, 0.4) is 0 Å². The lowest BCUT2D eigenvalue weighted by Crippen LogP contribution is -2.27. The van der Waals surface area contributed by atoms with Crippen LogP contribution in [-0.2, 0) is 0 Å². The van der Waals surface area contributed by atoms with E-state index in [1.54, 1.807) is 12.3 Å². The molecule has 1 aliphatic carbocycles. The van der Waals surface area contributed by atoms with Crippen molar-refractivity contribution in [3.63, 3.8) is 0 Å². The first-order valence-electron chi connectivity index (χ1n) is 4.43. The highest BCUT2D eigenvalue weighted by atomic mass is 35.5. The number of pyridine rings is 1. The van der Waals surface area contributed by atoms with Crippen LogP contribution in [0.25, 0.3) is 0 Å². The van der Waals surface area contributed by atoms with E-state index in [1.807, 2.05) is 0 Å². The Morgan fingerprint density at radius 3 is 2.92 bits per heavy atom. The molecule has 2 rings (SSSR count). The second kappa shape index (κ2) is 3.42. The Bertz CT molecular complexity index is 310. The summed E-state index contributed by atoms with van der Waals surface area (Å²) < 4.78 is 0. The molecule has 0 radical (unpaired) electrons. The molecule has 70 valence electrons. The minimum Gasteiger partial charge on any atom is -0.396 e. The smallest absolute Gasteiger partial charge is 0.131 e. The van der Waals surface area contributed by atoms with Crippen LogP contribution < -0.4 is 11.1 Å². The van der Waals surface area contributed by atoms with Gasteiger partial charge in [-0.15, -0.1) is 0 Å². The third-order valence-electron chi connectivity index (χ3n) is 2.37. The Balaban J connectivity index is 2.13. The van der Waals surface area contributed by atoms with Crippen molar-refractivity contribution in [1.82, 2.24) is 4.98 Å². The maximum atomic E-state index is 5.75. The lowest BCUT2D eigenvalue weighted by Gasteiger charge is -2.28. The number of hydrogen-bond acceptors (Lipinski definition) is 3. The van der Waals surface area contributed by atoms with Crippen LogP contribution in [0.5, 0.6) is 0 Å². The van der Waals surface area contributed by atoms with Crippen molar-refractivity contribution in [2.45, 2.75) is 25.3 Å². The number of nitrogens with zero attached hydrogens (tertiary/aromatic N) is 1. The largest absolute Gasteiger partial charge is 0.396 e. The Morgan fingerprint density at radius 1 is 1.54 bits per heavy atom. The van der Waals surface area contributed by atoms with Crippen molar-refractivity contribution < 1.29 is 0 Å². The molecule has 0 bridgehead atoms. The second-order valence-corrected chi connectivity index (χ2v) is 3.75. The van der Waals surface area contributed by atoms with E-state index in [4.69, 9.17) is 17.3 Å². The van der Waals surface area contributed by atoms with Crippen molar-refractivity contribution in [2.24, 2.45) is 0 Å². The number of aromatic nitrogens is 1. The lowest BCUT2D eigenvalue weighted by atomic mass is 9.93. The first kappa shape index (κ1) is 8.63. The molecule has 1 saturated carbocycles. The Labute approximate surface area is 82.3 Å². The minimum atomic E-state index is 0.482. The number of nitrogens with one attached hydrogen (secondary N) is 1. The molecular formula is C9H12ClN3. The van der Waals surface area contributed by atoms with Crippen LogP contribution >= 0.6 is 11.6 Å². The molecule has 0 spiro atoms. The predicted molar refractivity (Wildman–Crippen MR) is 54.9 cm³/mol. The Morgan fingerprint density at radius 2 is 2.31 bits per heavy atom. The molecule has 1 aromatic heterocycles. The van der Waals surface area contributed by atoms with Gasteiger partial charge in [-0.05, 0) is 19.3 Å². The van der Waals surface area contributed by atoms with Crippen molar-refractivity contribution in [2.75, 3.05) is 11.1 Å². The normalized spacial score (nSPS) is 16.7. The standard InChI is InChI=1S/C9H12ClN3/c10-9-4-8(7(11)5-12-9)13-6-2-1-3-6/h4-6H,1-3,11H2,(H,12,13). The molecule has 0 aromatic carbocycles. The molecule has 0 saturated heterocycles. The fourth-order valence-corrected chi connectivity index (χ4v) is 1.50. The summed E-state index contributed by atoms with van der Waals surface area (Å²) >= 11 is 5.75. The zero-order valence-corrected chi connectivity index (χ0v) is 8.01. The average molecular weight is 198 g/mol. The topological polar surface area (TPSA) is 50.9 Å². The van der Waals surface area contributed by atoms with E-state index in [0.717, 1.165) is 5.69 Å². The third kappa shape index (κ3) is 1.86. The molecule has 3 nitrogen and oxygen atoms in total. The first-order valence-corrected chi connectivity index (χ1v) is 4.81. The van der Waals surface area contributed by atoms with E-state index in [-0.39, 0.29) is 0 Å². The van der Waals surface area contributed by atoms with Gasteiger partial charge in [0.2, 0.25) is 0 Å². The van der Waals surface area contributed by atoms with Gasteiger partial charge < -0.3 is 11.1 Å². The molecule has 0 amide bonds. The van der Waals surface area contributed by atoms with Crippen molar-refractivity contribution in [3.8, 4) is 0 Å². The number of nitrogen functional groups attached to an aromatic ring is 1. The maximum absolute atomic E-state index is 5.75. The molecule has 3 N–H and O–H groups in total. The molecule has 1 aromatic rings. The zero-order valence-electron chi connectivity index (χ0n) is 7.26. The molecule has 13 heavy (non-hydrogen) atoms. The monoisotopic (exact) mass is 197 g/mol. The summed E-state index contributed by atoms with van der Waals surface area (Å²) in [6, 6.07) is 2.34. The Kier molecular flexibility index (Phi) is 2.27. The van der Waals surface area contributed by atoms with Crippen molar-refractivity contribution >= 4 is 23.0 Å². The number of nitrogens with two attached hydrogens (primary N) is 1. The zero-order chi connectivity index (χ0) is 9.26. The fourth-order valence-electron chi connectivity index (χ4n) is 1.34. The predicted octanol–water partition coefficient (Wildman–Crippen LogP) is 2.28. The Hall–Kier alpha value is -0.960. The van der Waals surface area contributed by atoms with E-state index in [1.165, 1.54) is 19.3 Å². The van der Waals surface area contributed by atoms with Gasteiger partial charge in [-0.2, -0.15) is 0 Å². The summed E-state index contributed by atoms with van der Waals surface area (Å²) in [5, 5.41) is 3.82. The summed E-state index contributed by atoms with van der Waals surface area (Å²) in [7, 11) is 0. The summed E-state index contributed by atoms with van der Waals surface area (Å²) in [5.74, 6) is 0. The van der Waals surface area contributed by atoms with Gasteiger partial charge in [0, 0.05) is 12.1 Å². The van der Waals surface area contributed by atoms with Gasteiger partial charge in [0.05, 0.1) is 17.6 Å². The minimum absolute atomic E-state index is 0.482. The molecular weight excluding hydrogens is 186 g/mol. The highest BCUT2D eigenvalue weighted by molar-refractivity contribution is 6.29. The fraction of sp³-hybridized carbons (Fsp3) is 0.444. The van der Waals surface area contributed by atoms with Crippen LogP contribution in [0.1, 0.15) is 19.3 Å². The van der Waals surface area contributed by atoms with Crippen LogP contribution in [0.2, 0.25) is 5.15 Å². The van der Waals surface area contributed by atoms with Crippen LogP contribution in [-0.4, -0.2) is 11.0 Å². The number of hydrogen-bond donors (Lipinski definition) is 2. The number of halogens is 1. The quantitative estimate of drug-likeness (QED) is 0.716. The number of rotatable bonds is 2. The maximum Gasteiger partial charge on any atom is 0.131 e. The van der Waals surface area contributed by atoms with Gasteiger partial charge in [0.1, 0.15) is 5.15 Å². The summed E-state index contributed by atoms with van der Waals surface area (Å²) in [4.78, 5) is 3.89. The van der Waals surface area contributed by atoms with E-state index >= 15 is 0 Å².